The van der Waals surface area contributed by atoms with E-state index in [1.165, 1.54) is 0 Å². The first-order valence-corrected chi connectivity index (χ1v) is 7.82. The molecule has 1 N–H and O–H groups in total. The van der Waals surface area contributed by atoms with Crippen molar-refractivity contribution < 1.29 is 13.7 Å². The van der Waals surface area contributed by atoms with Crippen LogP contribution in [0, 0.1) is 0 Å². The predicted octanol–water partition coefficient (Wildman–Crippen LogP) is 1.43. The molecule has 0 aliphatic carbocycles. The zero-order valence-corrected chi connectivity index (χ0v) is 11.8. The SMILES string of the molecule is CCOc1ccccc1OCCNCCS(C)=O. The van der Waals surface area contributed by atoms with E-state index in [1.54, 1.807) is 6.26 Å². The monoisotopic (exact) mass is 271 g/mol. The van der Waals surface area contributed by atoms with Gasteiger partial charge in [-0.15, -0.1) is 0 Å². The zero-order valence-electron chi connectivity index (χ0n) is 11.0. The molecule has 0 radical (unpaired) electrons. The molecule has 0 saturated heterocycles. The predicted molar refractivity (Wildman–Crippen MR) is 74.9 cm³/mol. The van der Waals surface area contributed by atoms with Gasteiger partial charge >= 0.3 is 0 Å². The summed E-state index contributed by atoms with van der Waals surface area (Å²) < 4.78 is 21.9. The topological polar surface area (TPSA) is 47.6 Å². The van der Waals surface area contributed by atoms with Crippen molar-refractivity contribution in [3.05, 3.63) is 24.3 Å². The van der Waals surface area contributed by atoms with Crippen molar-refractivity contribution in [2.24, 2.45) is 0 Å². The molecule has 0 aliphatic heterocycles. The fourth-order valence-electron chi connectivity index (χ4n) is 1.42. The molecule has 0 aromatic heterocycles. The number of hydrogen-bond donors (Lipinski definition) is 1. The molecule has 1 aromatic carbocycles. The minimum absolute atomic E-state index is 0.570. The minimum Gasteiger partial charge on any atom is -0.490 e. The van der Waals surface area contributed by atoms with Crippen LogP contribution in [0.15, 0.2) is 24.3 Å². The Morgan fingerprint density at radius 1 is 1.17 bits per heavy atom. The lowest BCUT2D eigenvalue weighted by molar-refractivity contribution is 0.276. The maximum atomic E-state index is 10.8. The Balaban J connectivity index is 2.24. The van der Waals surface area contributed by atoms with Gasteiger partial charge in [-0.2, -0.15) is 0 Å². The van der Waals surface area contributed by atoms with Gasteiger partial charge in [0.1, 0.15) is 6.61 Å². The van der Waals surface area contributed by atoms with Gasteiger partial charge in [-0.3, -0.25) is 4.21 Å². The molecule has 0 spiro atoms. The van der Waals surface area contributed by atoms with E-state index in [2.05, 4.69) is 5.32 Å². The lowest BCUT2D eigenvalue weighted by atomic mass is 10.3. The summed E-state index contributed by atoms with van der Waals surface area (Å²) in [5, 5.41) is 3.18. The molecule has 1 atom stereocenters. The van der Waals surface area contributed by atoms with E-state index in [1.807, 2.05) is 31.2 Å². The molecular weight excluding hydrogens is 250 g/mol. The largest absolute Gasteiger partial charge is 0.490 e. The first-order valence-electron chi connectivity index (χ1n) is 6.09. The van der Waals surface area contributed by atoms with Crippen molar-refractivity contribution in [1.82, 2.24) is 5.32 Å². The maximum Gasteiger partial charge on any atom is 0.161 e. The number of hydrogen-bond acceptors (Lipinski definition) is 4. The number of ether oxygens (including phenoxy) is 2. The van der Waals surface area contributed by atoms with E-state index < -0.39 is 10.8 Å². The van der Waals surface area contributed by atoms with Crippen molar-refractivity contribution in [3.8, 4) is 11.5 Å². The van der Waals surface area contributed by atoms with Crippen LogP contribution in [-0.4, -0.2) is 42.5 Å². The number of benzene rings is 1. The molecule has 0 bridgehead atoms. The fourth-order valence-corrected chi connectivity index (χ4v) is 1.85. The Labute approximate surface area is 111 Å². The summed E-state index contributed by atoms with van der Waals surface area (Å²) in [4.78, 5) is 0. The summed E-state index contributed by atoms with van der Waals surface area (Å²) in [6.07, 6.45) is 1.70. The Hall–Kier alpha value is -1.07. The first-order chi connectivity index (χ1) is 8.74. The van der Waals surface area contributed by atoms with Crippen LogP contribution < -0.4 is 14.8 Å². The molecule has 18 heavy (non-hydrogen) atoms. The Morgan fingerprint density at radius 2 is 1.83 bits per heavy atom. The van der Waals surface area contributed by atoms with Gasteiger partial charge < -0.3 is 14.8 Å². The zero-order chi connectivity index (χ0) is 13.2. The average molecular weight is 271 g/mol. The summed E-state index contributed by atoms with van der Waals surface area (Å²) in [5.41, 5.74) is 0. The van der Waals surface area contributed by atoms with Crippen molar-refractivity contribution in [2.75, 3.05) is 38.3 Å². The second-order valence-corrected chi connectivity index (χ2v) is 5.31. The summed E-state index contributed by atoms with van der Waals surface area (Å²) in [5.74, 6) is 2.21. The number of rotatable bonds is 9. The van der Waals surface area contributed by atoms with Gasteiger partial charge in [0, 0.05) is 35.9 Å². The molecule has 0 amide bonds. The van der Waals surface area contributed by atoms with E-state index >= 15 is 0 Å². The minimum atomic E-state index is -0.737. The maximum absolute atomic E-state index is 10.8. The van der Waals surface area contributed by atoms with Crippen molar-refractivity contribution >= 4 is 10.8 Å². The second-order valence-electron chi connectivity index (χ2n) is 3.76. The van der Waals surface area contributed by atoms with Crippen LogP contribution in [0.4, 0.5) is 0 Å². The quantitative estimate of drug-likeness (QED) is 0.690. The lowest BCUT2D eigenvalue weighted by Crippen LogP contribution is -2.25. The molecule has 0 aliphatic rings. The first kappa shape index (κ1) is 15.0. The third kappa shape index (κ3) is 6.02. The number of para-hydroxylation sites is 2. The molecule has 0 saturated carbocycles. The van der Waals surface area contributed by atoms with Gasteiger partial charge in [0.15, 0.2) is 11.5 Å². The summed E-state index contributed by atoms with van der Waals surface area (Å²) in [6.45, 7) is 4.63. The normalized spacial score (nSPS) is 12.1. The fraction of sp³-hybridized carbons (Fsp3) is 0.538. The van der Waals surface area contributed by atoms with Crippen molar-refractivity contribution in [1.29, 1.82) is 0 Å². The molecule has 4 nitrogen and oxygen atoms in total. The molecule has 102 valence electrons. The standard InChI is InChI=1S/C13H21NO3S/c1-3-16-12-6-4-5-7-13(12)17-10-8-14-9-11-18(2)15/h4-7,14H,3,8-11H2,1-2H3. The van der Waals surface area contributed by atoms with E-state index in [9.17, 15) is 4.21 Å². The second kappa shape index (κ2) is 8.94. The van der Waals surface area contributed by atoms with Gasteiger partial charge in [-0.25, -0.2) is 0 Å². The summed E-state index contributed by atoms with van der Waals surface area (Å²) in [6, 6.07) is 7.64. The summed E-state index contributed by atoms with van der Waals surface area (Å²) in [7, 11) is -0.737. The number of nitrogens with one attached hydrogen (secondary N) is 1. The molecule has 0 fully saturated rings. The van der Waals surface area contributed by atoms with Gasteiger partial charge in [0.05, 0.1) is 6.61 Å². The van der Waals surface area contributed by atoms with Crippen LogP contribution in [0.5, 0.6) is 11.5 Å². The summed E-state index contributed by atoms with van der Waals surface area (Å²) >= 11 is 0. The highest BCUT2D eigenvalue weighted by Gasteiger charge is 2.02. The van der Waals surface area contributed by atoms with Crippen LogP contribution in [-0.2, 0) is 10.8 Å². The molecule has 1 rings (SSSR count). The van der Waals surface area contributed by atoms with Crippen molar-refractivity contribution in [3.63, 3.8) is 0 Å². The highest BCUT2D eigenvalue weighted by Crippen LogP contribution is 2.25. The van der Waals surface area contributed by atoms with Gasteiger partial charge in [0.2, 0.25) is 0 Å². The Kier molecular flexibility index (Phi) is 7.44. The van der Waals surface area contributed by atoms with E-state index in [0.29, 0.717) is 19.0 Å². The molecule has 1 aromatic rings. The third-order valence-electron chi connectivity index (χ3n) is 2.25. The van der Waals surface area contributed by atoms with Gasteiger partial charge in [0.25, 0.3) is 0 Å². The average Bonchev–Trinajstić information content (AvgIpc) is 2.35. The molecule has 5 heteroatoms. The van der Waals surface area contributed by atoms with E-state index in [-0.39, 0.29) is 0 Å². The van der Waals surface area contributed by atoms with Crippen LogP contribution >= 0.6 is 0 Å². The highest BCUT2D eigenvalue weighted by atomic mass is 32.2. The Bertz CT molecular complexity index is 371. The van der Waals surface area contributed by atoms with Crippen molar-refractivity contribution in [2.45, 2.75) is 6.92 Å². The molecular formula is C13H21NO3S. The molecule has 0 heterocycles. The third-order valence-corrected chi connectivity index (χ3v) is 3.03. The van der Waals surface area contributed by atoms with Gasteiger partial charge in [-0.1, -0.05) is 12.1 Å². The van der Waals surface area contributed by atoms with E-state index in [4.69, 9.17) is 9.47 Å². The lowest BCUT2D eigenvalue weighted by Gasteiger charge is -2.11. The highest BCUT2D eigenvalue weighted by molar-refractivity contribution is 7.84. The Morgan fingerprint density at radius 3 is 2.44 bits per heavy atom. The van der Waals surface area contributed by atoms with Crippen LogP contribution in [0.25, 0.3) is 0 Å². The molecule has 1 unspecified atom stereocenters. The van der Waals surface area contributed by atoms with Crippen LogP contribution in [0.2, 0.25) is 0 Å². The van der Waals surface area contributed by atoms with E-state index in [0.717, 1.165) is 24.6 Å². The van der Waals surface area contributed by atoms with Crippen LogP contribution in [0.1, 0.15) is 6.92 Å². The van der Waals surface area contributed by atoms with Crippen LogP contribution in [0.3, 0.4) is 0 Å². The smallest absolute Gasteiger partial charge is 0.161 e. The van der Waals surface area contributed by atoms with Gasteiger partial charge in [-0.05, 0) is 19.1 Å².